The van der Waals surface area contributed by atoms with Crippen LogP contribution in [0.2, 0.25) is 0 Å². The summed E-state index contributed by atoms with van der Waals surface area (Å²) >= 11 is 0. The number of aliphatic hydroxyl groups is 1. The number of likely N-dealkylation sites (tertiary alicyclic amines) is 1. The summed E-state index contributed by atoms with van der Waals surface area (Å²) in [5.41, 5.74) is -0.800. The van der Waals surface area contributed by atoms with Gasteiger partial charge in [0.2, 0.25) is 11.8 Å². The highest BCUT2D eigenvalue weighted by Gasteiger charge is 2.73. The molecule has 3 fully saturated rings. The van der Waals surface area contributed by atoms with Crippen molar-refractivity contribution in [1.29, 1.82) is 0 Å². The van der Waals surface area contributed by atoms with Crippen molar-refractivity contribution in [3.05, 3.63) is 35.4 Å². The summed E-state index contributed by atoms with van der Waals surface area (Å²) in [5.74, 6) is -0.434. The first-order valence-electron chi connectivity index (χ1n) is 9.34. The first kappa shape index (κ1) is 18.0. The molecular formula is C20H25N3O4. The van der Waals surface area contributed by atoms with Gasteiger partial charge in [-0.15, -0.1) is 0 Å². The van der Waals surface area contributed by atoms with Gasteiger partial charge in [0, 0.05) is 31.7 Å². The van der Waals surface area contributed by atoms with Crippen molar-refractivity contribution >= 4 is 17.7 Å². The van der Waals surface area contributed by atoms with Crippen LogP contribution in [-0.2, 0) is 16.0 Å². The normalized spacial score (nSPS) is 29.4. The van der Waals surface area contributed by atoms with Crippen molar-refractivity contribution in [3.8, 4) is 0 Å². The maximum atomic E-state index is 13.0. The molecule has 4 rings (SSSR count). The first-order chi connectivity index (χ1) is 12.7. The van der Waals surface area contributed by atoms with Gasteiger partial charge in [-0.2, -0.15) is 0 Å². The Balaban J connectivity index is 1.50. The zero-order valence-corrected chi connectivity index (χ0v) is 15.7. The van der Waals surface area contributed by atoms with Crippen LogP contribution in [0.3, 0.4) is 0 Å². The fourth-order valence-electron chi connectivity index (χ4n) is 4.59. The standard InChI is InChI=1S/C20H25N3O4/c1-18(2,27)8-7-13-3-5-14(6-4-13)15(24)23-11-19-9-21-17(26)20(19,12-23)10-22-16(19)25/h3-6,27H,7-12H2,1-2H3,(H,21,26)(H,22,25)/t19-,20-/m0/s1. The predicted molar refractivity (Wildman–Crippen MR) is 97.8 cm³/mol. The third-order valence-electron chi connectivity index (χ3n) is 6.32. The lowest BCUT2D eigenvalue weighted by molar-refractivity contribution is -0.132. The Hall–Kier alpha value is -2.41. The molecule has 0 aliphatic carbocycles. The molecule has 3 aliphatic heterocycles. The van der Waals surface area contributed by atoms with Crippen LogP contribution in [0.4, 0.5) is 0 Å². The summed E-state index contributed by atoms with van der Waals surface area (Å²) in [5, 5.41) is 15.5. The second-order valence-electron chi connectivity index (χ2n) is 8.70. The summed E-state index contributed by atoms with van der Waals surface area (Å²) in [6.07, 6.45) is 1.37. The number of carbonyl (C=O) groups is 3. The summed E-state index contributed by atoms with van der Waals surface area (Å²) in [4.78, 5) is 39.5. The molecule has 0 bridgehead atoms. The molecule has 0 spiro atoms. The number of nitrogens with one attached hydrogen (secondary N) is 2. The van der Waals surface area contributed by atoms with E-state index < -0.39 is 16.4 Å². The van der Waals surface area contributed by atoms with Gasteiger partial charge in [-0.05, 0) is 44.4 Å². The summed E-state index contributed by atoms with van der Waals surface area (Å²) in [6.45, 7) is 4.65. The number of benzene rings is 1. The smallest absolute Gasteiger partial charge is 0.253 e. The third-order valence-corrected chi connectivity index (χ3v) is 6.32. The maximum absolute atomic E-state index is 13.0. The summed E-state index contributed by atoms with van der Waals surface area (Å²) in [7, 11) is 0. The fraction of sp³-hybridized carbons (Fsp3) is 0.550. The van der Waals surface area contributed by atoms with Crippen molar-refractivity contribution in [2.45, 2.75) is 32.3 Å². The SMILES string of the molecule is CC(C)(O)CCc1ccc(C(=O)N2C[C@]34CNC(=O)[C@]3(CNC4=O)C2)cc1. The Kier molecular flexibility index (Phi) is 3.86. The molecule has 3 saturated heterocycles. The average Bonchev–Trinajstić information content (AvgIpc) is 3.19. The van der Waals surface area contributed by atoms with E-state index in [-0.39, 0.29) is 43.9 Å². The number of hydrogen-bond acceptors (Lipinski definition) is 4. The van der Waals surface area contributed by atoms with E-state index >= 15 is 0 Å². The van der Waals surface area contributed by atoms with Gasteiger partial charge < -0.3 is 20.6 Å². The molecule has 1 aromatic carbocycles. The molecule has 0 unspecified atom stereocenters. The van der Waals surface area contributed by atoms with Crippen LogP contribution < -0.4 is 10.6 Å². The molecule has 0 radical (unpaired) electrons. The molecule has 3 aliphatic rings. The number of amides is 3. The van der Waals surface area contributed by atoms with Crippen molar-refractivity contribution < 1.29 is 19.5 Å². The number of nitrogens with zero attached hydrogens (tertiary/aromatic N) is 1. The number of hydrogen-bond donors (Lipinski definition) is 3. The van der Waals surface area contributed by atoms with Crippen LogP contribution in [-0.4, -0.2) is 59.5 Å². The molecule has 7 heteroatoms. The molecule has 7 nitrogen and oxygen atoms in total. The number of rotatable bonds is 4. The van der Waals surface area contributed by atoms with Gasteiger partial charge in [-0.3, -0.25) is 14.4 Å². The van der Waals surface area contributed by atoms with E-state index in [1.54, 1.807) is 30.9 Å². The molecular weight excluding hydrogens is 346 g/mol. The molecule has 3 N–H and O–H groups in total. The molecule has 0 saturated carbocycles. The van der Waals surface area contributed by atoms with E-state index in [1.165, 1.54) is 0 Å². The van der Waals surface area contributed by atoms with Gasteiger partial charge in [0.1, 0.15) is 10.8 Å². The highest BCUT2D eigenvalue weighted by Crippen LogP contribution is 2.53. The Morgan fingerprint density at radius 1 is 1.07 bits per heavy atom. The Bertz CT molecular complexity index is 782. The number of carbonyl (C=O) groups excluding carboxylic acids is 3. The van der Waals surface area contributed by atoms with Crippen LogP contribution in [0.5, 0.6) is 0 Å². The van der Waals surface area contributed by atoms with E-state index in [4.69, 9.17) is 0 Å². The van der Waals surface area contributed by atoms with Crippen molar-refractivity contribution in [2.24, 2.45) is 10.8 Å². The van der Waals surface area contributed by atoms with E-state index in [0.717, 1.165) is 12.0 Å². The van der Waals surface area contributed by atoms with Gasteiger partial charge >= 0.3 is 0 Å². The zero-order chi connectivity index (χ0) is 19.4. The fourth-order valence-corrected chi connectivity index (χ4v) is 4.59. The van der Waals surface area contributed by atoms with Crippen molar-refractivity contribution in [3.63, 3.8) is 0 Å². The van der Waals surface area contributed by atoms with Crippen LogP contribution >= 0.6 is 0 Å². The molecule has 1 aromatic rings. The topological polar surface area (TPSA) is 98.7 Å². The van der Waals surface area contributed by atoms with E-state index in [1.807, 2.05) is 12.1 Å². The Morgan fingerprint density at radius 2 is 1.59 bits per heavy atom. The number of aryl methyl sites for hydroxylation is 1. The lowest BCUT2D eigenvalue weighted by Crippen LogP contribution is -2.43. The largest absolute Gasteiger partial charge is 0.390 e. The molecule has 3 heterocycles. The molecule has 3 amide bonds. The molecule has 144 valence electrons. The minimum absolute atomic E-state index is 0.141. The van der Waals surface area contributed by atoms with E-state index in [0.29, 0.717) is 12.0 Å². The third kappa shape index (κ3) is 2.64. The maximum Gasteiger partial charge on any atom is 0.253 e. The van der Waals surface area contributed by atoms with E-state index in [2.05, 4.69) is 10.6 Å². The molecule has 2 atom stereocenters. The average molecular weight is 371 g/mol. The first-order valence-corrected chi connectivity index (χ1v) is 9.34. The second kappa shape index (κ2) is 5.79. The van der Waals surface area contributed by atoms with Crippen molar-refractivity contribution in [2.75, 3.05) is 26.2 Å². The quantitative estimate of drug-likeness (QED) is 0.698. The lowest BCUT2D eigenvalue weighted by Gasteiger charge is -2.23. The van der Waals surface area contributed by atoms with Gasteiger partial charge in [-0.25, -0.2) is 0 Å². The highest BCUT2D eigenvalue weighted by atomic mass is 16.3. The minimum Gasteiger partial charge on any atom is -0.390 e. The predicted octanol–water partition coefficient (Wildman–Crippen LogP) is 0.0783. The monoisotopic (exact) mass is 371 g/mol. The summed E-state index contributed by atoms with van der Waals surface area (Å²) in [6, 6.07) is 7.35. The Morgan fingerprint density at radius 3 is 2.07 bits per heavy atom. The van der Waals surface area contributed by atoms with Crippen LogP contribution in [0.25, 0.3) is 0 Å². The van der Waals surface area contributed by atoms with Crippen LogP contribution in [0.1, 0.15) is 36.2 Å². The zero-order valence-electron chi connectivity index (χ0n) is 15.7. The van der Waals surface area contributed by atoms with Gasteiger partial charge in [-0.1, -0.05) is 12.1 Å². The molecule has 0 aromatic heterocycles. The summed E-state index contributed by atoms with van der Waals surface area (Å²) < 4.78 is 0. The minimum atomic E-state index is -0.841. The lowest BCUT2D eigenvalue weighted by atomic mass is 9.70. The molecule has 27 heavy (non-hydrogen) atoms. The second-order valence-corrected chi connectivity index (χ2v) is 8.70. The van der Waals surface area contributed by atoms with E-state index in [9.17, 15) is 19.5 Å². The van der Waals surface area contributed by atoms with Crippen molar-refractivity contribution in [1.82, 2.24) is 15.5 Å². The Labute approximate surface area is 158 Å². The van der Waals surface area contributed by atoms with Crippen LogP contribution in [0.15, 0.2) is 24.3 Å². The highest BCUT2D eigenvalue weighted by molar-refractivity contribution is 6.04. The van der Waals surface area contributed by atoms with Crippen LogP contribution in [0, 0.1) is 10.8 Å². The van der Waals surface area contributed by atoms with Gasteiger partial charge in [0.25, 0.3) is 5.91 Å². The van der Waals surface area contributed by atoms with Gasteiger partial charge in [0.05, 0.1) is 5.60 Å². The van der Waals surface area contributed by atoms with Gasteiger partial charge in [0.15, 0.2) is 0 Å².